The van der Waals surface area contributed by atoms with Gasteiger partial charge in [0.15, 0.2) is 0 Å². The van der Waals surface area contributed by atoms with Crippen LogP contribution in [-0.2, 0) is 6.42 Å². The summed E-state index contributed by atoms with van der Waals surface area (Å²) < 4.78 is 0.599. The summed E-state index contributed by atoms with van der Waals surface area (Å²) in [7, 11) is 5.92. The molecule has 1 aliphatic heterocycles. The van der Waals surface area contributed by atoms with Gasteiger partial charge in [-0.1, -0.05) is 24.6 Å². The molecule has 12 heavy (non-hydrogen) atoms. The number of anilines is 1. The Morgan fingerprint density at radius 1 is 1.42 bits per heavy atom. The first-order chi connectivity index (χ1) is 5.90. The molecule has 0 spiro atoms. The van der Waals surface area contributed by atoms with E-state index in [2.05, 4.69) is 29.6 Å². The van der Waals surface area contributed by atoms with Crippen molar-refractivity contribution in [2.45, 2.75) is 17.0 Å². The van der Waals surface area contributed by atoms with Crippen LogP contribution in [0.3, 0.4) is 0 Å². The van der Waals surface area contributed by atoms with E-state index in [1.165, 1.54) is 24.1 Å². The van der Waals surface area contributed by atoms with E-state index < -0.39 is 19.3 Å². The molecule has 1 aromatic carbocycles. The number of hydrogen-bond acceptors (Lipinski definition) is 1. The molecule has 1 atom stereocenters. The van der Waals surface area contributed by atoms with Gasteiger partial charge in [-0.25, -0.2) is 0 Å². The Morgan fingerprint density at radius 3 is 3.08 bits per heavy atom. The van der Waals surface area contributed by atoms with Gasteiger partial charge in [0, 0.05) is 5.69 Å². The first-order valence-corrected chi connectivity index (χ1v) is 7.26. The second kappa shape index (κ2) is 3.86. The largest absolute Gasteiger partial charge is 0.527 e. The number of nitrogens with one attached hydrogen (secondary N) is 1. The minimum atomic E-state index is -0.410. The van der Waals surface area contributed by atoms with Crippen molar-refractivity contribution < 1.29 is 0 Å². The Bertz CT molecular complexity index is 277. The van der Waals surface area contributed by atoms with Gasteiger partial charge in [0.05, 0.1) is 0 Å². The predicted molar refractivity (Wildman–Crippen MR) is 53.8 cm³/mol. The molecule has 1 nitrogen and oxygen atoms in total. The quantitative estimate of drug-likeness (QED) is 0.672. The highest BCUT2D eigenvalue weighted by Gasteiger charge is 2.17. The van der Waals surface area contributed by atoms with Crippen LogP contribution in [0.5, 0.6) is 0 Å². The molecule has 0 saturated heterocycles. The van der Waals surface area contributed by atoms with Crippen LogP contribution in [0.15, 0.2) is 24.3 Å². The van der Waals surface area contributed by atoms with Gasteiger partial charge in [-0.15, -0.1) is 0 Å². The lowest BCUT2D eigenvalue weighted by Gasteiger charge is -2.25. The van der Waals surface area contributed by atoms with Crippen LogP contribution in [0.1, 0.15) is 12.0 Å². The topological polar surface area (TPSA) is 12.0 Å². The fourth-order valence-corrected chi connectivity index (χ4v) is 2.97. The van der Waals surface area contributed by atoms with Crippen LogP contribution in [-0.4, -0.2) is 23.4 Å². The number of aryl methyl sites for hydroxylation is 1. The number of para-hydroxylation sites is 1. The molecule has 1 aliphatic rings. The highest BCUT2D eigenvalue weighted by Crippen LogP contribution is 2.23. The molecule has 0 saturated carbocycles. The summed E-state index contributed by atoms with van der Waals surface area (Å²) in [6.45, 7) is 0. The Kier molecular flexibility index (Phi) is 2.78. The Balaban J connectivity index is 2.23. The van der Waals surface area contributed by atoms with Crippen LogP contribution >= 0.6 is 9.07 Å². The van der Waals surface area contributed by atoms with Gasteiger partial charge in [0.1, 0.15) is 0 Å². The van der Waals surface area contributed by atoms with Crippen LogP contribution < -0.4 is 5.32 Å². The van der Waals surface area contributed by atoms with Gasteiger partial charge in [-0.2, -0.15) is 0 Å². The van der Waals surface area contributed by atoms with Crippen LogP contribution in [0, 0.1) is 0 Å². The third-order valence-electron chi connectivity index (χ3n) is 2.33. The van der Waals surface area contributed by atoms with Crippen LogP contribution in [0.25, 0.3) is 0 Å². The maximum atomic E-state index is 5.92. The Morgan fingerprint density at radius 2 is 2.25 bits per heavy atom. The fourth-order valence-electron chi connectivity index (χ4n) is 1.62. The van der Waals surface area contributed by atoms with Gasteiger partial charge in [0.25, 0.3) is 0 Å². The molecule has 1 N–H and O–H groups in total. The van der Waals surface area contributed by atoms with Crippen LogP contribution in [0.2, 0.25) is 0 Å². The third kappa shape index (κ3) is 1.70. The summed E-state index contributed by atoms with van der Waals surface area (Å²) in [6.07, 6.45) is 2.40. The lowest BCUT2D eigenvalue weighted by atomic mass is 10.0. The van der Waals surface area contributed by atoms with E-state index in [-0.39, 0.29) is 0 Å². The third-order valence-corrected chi connectivity index (χ3v) is 4.43. The summed E-state index contributed by atoms with van der Waals surface area (Å²) >= 11 is -0.410. The highest BCUT2D eigenvalue weighted by molar-refractivity contribution is 6.94. The molecule has 0 aliphatic carbocycles. The molecule has 0 amide bonds. The smallest absolute Gasteiger partial charge is 0.405 e. The maximum Gasteiger partial charge on any atom is 0.527 e. The first kappa shape index (κ1) is 8.66. The van der Waals surface area contributed by atoms with E-state index in [1.54, 1.807) is 0 Å². The zero-order valence-corrected chi connectivity index (χ0v) is 9.06. The molecule has 0 bridgehead atoms. The molecule has 1 unspecified atom stereocenters. The zero-order valence-electron chi connectivity index (χ0n) is 6.89. The van der Waals surface area contributed by atoms with Gasteiger partial charge < -0.3 is 14.4 Å². The highest BCUT2D eigenvalue weighted by atomic mass is 35.5. The number of fused-ring (bicyclic) bond motifs is 1. The van der Waals surface area contributed by atoms with Gasteiger partial charge in [0.2, 0.25) is 0 Å². The normalized spacial score (nSPS) is 20.6. The van der Waals surface area contributed by atoms with Crippen molar-refractivity contribution in [3.8, 4) is 0 Å². The number of halogens is 1. The number of hydrogen-bond donors (Lipinski definition) is 1. The average Bonchev–Trinajstić information content (AvgIpc) is 2.17. The Hall–Kier alpha value is 0.0762. The van der Waals surface area contributed by atoms with Crippen molar-refractivity contribution in [1.29, 1.82) is 0 Å². The molecule has 60 valence electrons. The van der Waals surface area contributed by atoms with Crippen molar-refractivity contribution >= 4 is 34.0 Å². The lowest BCUT2D eigenvalue weighted by molar-refractivity contribution is 0.779. The number of rotatable bonds is 1. The second-order valence-corrected chi connectivity index (χ2v) is 5.41. The molecule has 1 heterocycles. The molecular formula is C9H10ClMgN. The van der Waals surface area contributed by atoms with Gasteiger partial charge in [-0.05, 0) is 22.2 Å². The summed E-state index contributed by atoms with van der Waals surface area (Å²) in [5.41, 5.74) is 2.73. The fraction of sp³-hybridized carbons (Fsp3) is 0.333. The minimum absolute atomic E-state index is 0.410. The minimum Gasteiger partial charge on any atom is -0.405 e. The van der Waals surface area contributed by atoms with Crippen molar-refractivity contribution in [3.05, 3.63) is 29.8 Å². The van der Waals surface area contributed by atoms with Crippen LogP contribution in [0.4, 0.5) is 5.69 Å². The van der Waals surface area contributed by atoms with E-state index in [9.17, 15) is 0 Å². The van der Waals surface area contributed by atoms with Crippen molar-refractivity contribution in [3.63, 3.8) is 0 Å². The number of benzene rings is 1. The van der Waals surface area contributed by atoms with E-state index >= 15 is 0 Å². The molecule has 0 radical (unpaired) electrons. The molecule has 0 fully saturated rings. The summed E-state index contributed by atoms with van der Waals surface area (Å²) in [6, 6.07) is 8.50. The molecule has 2 rings (SSSR count). The summed E-state index contributed by atoms with van der Waals surface area (Å²) in [4.78, 5) is 0. The maximum absolute atomic E-state index is 5.92. The second-order valence-electron chi connectivity index (χ2n) is 3.19. The molecular weight excluding hydrogens is 182 g/mol. The summed E-state index contributed by atoms with van der Waals surface area (Å²) in [5, 5.41) is 3.48. The van der Waals surface area contributed by atoms with E-state index in [4.69, 9.17) is 9.07 Å². The molecule has 1 aromatic rings. The summed E-state index contributed by atoms with van der Waals surface area (Å²) in [5.74, 6) is 0. The lowest BCUT2D eigenvalue weighted by Crippen LogP contribution is -2.28. The van der Waals surface area contributed by atoms with Gasteiger partial charge in [-0.3, -0.25) is 0 Å². The average molecular weight is 192 g/mol. The van der Waals surface area contributed by atoms with Crippen molar-refractivity contribution in [2.24, 2.45) is 0 Å². The monoisotopic (exact) mass is 191 g/mol. The standard InChI is InChI=1S/C9H10N.ClH.Mg/c1-2-6-9-8(4-1)5-3-7-10-9;;/h1-2,4,6-7,10H,3,5H2;1H;/q;;+1/p-1. The van der Waals surface area contributed by atoms with Crippen molar-refractivity contribution in [2.75, 3.05) is 5.32 Å². The first-order valence-electron chi connectivity index (χ1n) is 4.30. The SMILES string of the molecule is [Cl][Mg][CH]1CCc2ccccc2N1. The zero-order chi connectivity index (χ0) is 8.39. The van der Waals surface area contributed by atoms with E-state index in [0.717, 1.165) is 0 Å². The van der Waals surface area contributed by atoms with E-state index in [0.29, 0.717) is 4.17 Å². The van der Waals surface area contributed by atoms with Crippen molar-refractivity contribution in [1.82, 2.24) is 0 Å². The predicted octanol–water partition coefficient (Wildman–Crippen LogP) is 2.23. The Labute approximate surface area is 86.0 Å². The van der Waals surface area contributed by atoms with E-state index in [1.807, 2.05) is 0 Å². The molecule has 0 aromatic heterocycles. The molecule has 3 heteroatoms. The van der Waals surface area contributed by atoms with Gasteiger partial charge >= 0.3 is 19.3 Å².